The first-order chi connectivity index (χ1) is 11.0. The number of hydrogen-bond acceptors (Lipinski definition) is 3. The molecule has 2 rings (SSSR count). The van der Waals surface area contributed by atoms with Gasteiger partial charge in [0.1, 0.15) is 5.75 Å². The molecule has 6 heteroatoms. The normalized spacial score (nSPS) is 12.5. The lowest BCUT2D eigenvalue weighted by molar-refractivity contribution is -0.0755. The van der Waals surface area contributed by atoms with Gasteiger partial charge in [0, 0.05) is 30.2 Å². The maximum Gasteiger partial charge on any atom is 0.279 e. The summed E-state index contributed by atoms with van der Waals surface area (Å²) in [6.45, 7) is 11.4. The number of hydroxylamine groups is 2. The largest absolute Gasteiger partial charge is 0.497 e. The molecule has 132 valence electrons. The van der Waals surface area contributed by atoms with E-state index in [2.05, 4.69) is 38.1 Å². The van der Waals surface area contributed by atoms with Crippen LogP contribution in [0.5, 0.6) is 5.75 Å². The Morgan fingerprint density at radius 2 is 1.83 bits per heavy atom. The molecule has 2 aromatic rings. The molecule has 0 unspecified atom stereocenters. The molecule has 0 fully saturated rings. The van der Waals surface area contributed by atoms with E-state index in [1.165, 1.54) is 12.2 Å². The summed E-state index contributed by atoms with van der Waals surface area (Å²) in [5.41, 5.74) is 1.69. The third-order valence-electron chi connectivity index (χ3n) is 5.24. The molecule has 0 aliphatic rings. The van der Waals surface area contributed by atoms with Gasteiger partial charge in [-0.1, -0.05) is 33.9 Å². The maximum atomic E-state index is 12.7. The van der Waals surface area contributed by atoms with Crippen LogP contribution in [0.15, 0.2) is 24.4 Å². The Kier molecular flexibility index (Phi) is 4.83. The van der Waals surface area contributed by atoms with Crippen LogP contribution in [0.1, 0.15) is 31.1 Å². The number of nitrogens with zero attached hydrogens (tertiary/aromatic N) is 2. The van der Waals surface area contributed by atoms with Crippen molar-refractivity contribution in [3.8, 4) is 5.75 Å². The second-order valence-corrected chi connectivity index (χ2v) is 12.7. The summed E-state index contributed by atoms with van der Waals surface area (Å²) in [6.07, 6.45) is 1.99. The van der Waals surface area contributed by atoms with E-state index < -0.39 is 8.24 Å². The number of hydrogen-bond donors (Lipinski definition) is 0. The van der Waals surface area contributed by atoms with Crippen molar-refractivity contribution in [1.82, 2.24) is 9.30 Å². The fraction of sp³-hybridized carbons (Fsp3) is 0.500. The number of rotatable bonds is 4. The Morgan fingerprint density at radius 3 is 2.33 bits per heavy atom. The zero-order valence-electron chi connectivity index (χ0n) is 15.9. The fourth-order valence-electron chi connectivity index (χ4n) is 2.58. The molecule has 0 spiro atoms. The van der Waals surface area contributed by atoms with Gasteiger partial charge >= 0.3 is 0 Å². The average Bonchev–Trinajstić information content (AvgIpc) is 2.91. The van der Waals surface area contributed by atoms with Crippen molar-refractivity contribution >= 4 is 25.0 Å². The van der Waals surface area contributed by atoms with E-state index in [1.54, 1.807) is 14.2 Å². The summed E-state index contributed by atoms with van der Waals surface area (Å²) >= 11 is 0. The third-order valence-corrected chi connectivity index (χ3v) is 10.5. The minimum atomic E-state index is -1.90. The van der Waals surface area contributed by atoms with Crippen LogP contribution in [-0.4, -0.2) is 44.7 Å². The molecule has 1 heterocycles. The van der Waals surface area contributed by atoms with Gasteiger partial charge in [-0.05, 0) is 17.2 Å². The van der Waals surface area contributed by atoms with Gasteiger partial charge in [-0.2, -0.15) is 0 Å². The van der Waals surface area contributed by atoms with Crippen LogP contribution in [0.4, 0.5) is 0 Å². The average molecular weight is 349 g/mol. The highest BCUT2D eigenvalue weighted by Gasteiger charge is 2.39. The molecule has 0 aliphatic carbocycles. The lowest BCUT2D eigenvalue weighted by atomic mass is 10.1. The van der Waals surface area contributed by atoms with E-state index in [1.807, 2.05) is 24.4 Å². The number of amides is 1. The molecule has 24 heavy (non-hydrogen) atoms. The highest BCUT2D eigenvalue weighted by molar-refractivity contribution is 6.79. The minimum Gasteiger partial charge on any atom is -0.497 e. The molecule has 0 saturated heterocycles. The first-order valence-corrected chi connectivity index (χ1v) is 11.0. The van der Waals surface area contributed by atoms with E-state index in [9.17, 15) is 4.79 Å². The topological polar surface area (TPSA) is 43.7 Å². The lowest BCUT2D eigenvalue weighted by Crippen LogP contribution is -2.45. The van der Waals surface area contributed by atoms with Crippen molar-refractivity contribution in [3.05, 3.63) is 30.0 Å². The smallest absolute Gasteiger partial charge is 0.279 e. The van der Waals surface area contributed by atoms with Crippen LogP contribution in [0.3, 0.4) is 0 Å². The zero-order chi connectivity index (χ0) is 18.3. The van der Waals surface area contributed by atoms with Crippen molar-refractivity contribution in [1.29, 1.82) is 0 Å². The summed E-state index contributed by atoms with van der Waals surface area (Å²) in [5, 5.41) is 2.32. The lowest BCUT2D eigenvalue weighted by Gasteiger charge is -2.38. The first kappa shape index (κ1) is 18.5. The van der Waals surface area contributed by atoms with Crippen LogP contribution in [0.2, 0.25) is 18.1 Å². The van der Waals surface area contributed by atoms with Crippen LogP contribution < -0.4 is 4.74 Å². The summed E-state index contributed by atoms with van der Waals surface area (Å²) in [6, 6.07) is 5.86. The summed E-state index contributed by atoms with van der Waals surface area (Å²) < 4.78 is 7.70. The van der Waals surface area contributed by atoms with Crippen molar-refractivity contribution in [3.63, 3.8) is 0 Å². The summed E-state index contributed by atoms with van der Waals surface area (Å²) in [5.74, 6) is 0.643. The molecular weight excluding hydrogens is 320 g/mol. The molecule has 0 saturated carbocycles. The van der Waals surface area contributed by atoms with Gasteiger partial charge in [0.2, 0.25) is 0 Å². The molecule has 1 amide bonds. The first-order valence-electron chi connectivity index (χ1n) is 8.06. The Balaban J connectivity index is 2.78. The van der Waals surface area contributed by atoms with Crippen molar-refractivity contribution in [2.24, 2.45) is 0 Å². The van der Waals surface area contributed by atoms with E-state index >= 15 is 0 Å². The van der Waals surface area contributed by atoms with Crippen LogP contribution >= 0.6 is 0 Å². The van der Waals surface area contributed by atoms with Gasteiger partial charge in [-0.15, -0.1) is 0 Å². The quantitative estimate of drug-likeness (QED) is 0.616. The van der Waals surface area contributed by atoms with E-state index in [4.69, 9.17) is 9.57 Å². The Hall–Kier alpha value is -1.79. The molecular formula is C18H28N2O3Si. The second-order valence-electron chi connectivity index (χ2n) is 7.59. The van der Waals surface area contributed by atoms with Gasteiger partial charge in [0.25, 0.3) is 5.91 Å². The predicted octanol–water partition coefficient (Wildman–Crippen LogP) is 4.14. The summed E-state index contributed by atoms with van der Waals surface area (Å²) in [4.78, 5) is 17.8. The molecule has 0 N–H and O–H groups in total. The number of methoxy groups -OCH3 is 1. The highest BCUT2D eigenvalue weighted by Crippen LogP contribution is 2.40. The van der Waals surface area contributed by atoms with E-state index in [0.717, 1.165) is 16.7 Å². The van der Waals surface area contributed by atoms with Crippen LogP contribution in [0.25, 0.3) is 10.9 Å². The predicted molar refractivity (Wildman–Crippen MR) is 100 cm³/mol. The van der Waals surface area contributed by atoms with Gasteiger partial charge in [-0.3, -0.25) is 9.63 Å². The van der Waals surface area contributed by atoms with Crippen molar-refractivity contribution < 1.29 is 14.4 Å². The van der Waals surface area contributed by atoms with Crippen LogP contribution in [0, 0.1) is 0 Å². The Morgan fingerprint density at radius 1 is 1.21 bits per heavy atom. The molecule has 1 aromatic carbocycles. The Labute approximate surface area is 145 Å². The van der Waals surface area contributed by atoms with E-state index in [-0.39, 0.29) is 10.9 Å². The highest BCUT2D eigenvalue weighted by atomic mass is 28.3. The summed E-state index contributed by atoms with van der Waals surface area (Å²) in [7, 11) is 2.88. The van der Waals surface area contributed by atoms with Gasteiger partial charge in [0.05, 0.1) is 19.8 Å². The number of ether oxygens (including phenoxy) is 1. The van der Waals surface area contributed by atoms with Crippen molar-refractivity contribution in [2.45, 2.75) is 38.9 Å². The van der Waals surface area contributed by atoms with Crippen molar-refractivity contribution in [2.75, 3.05) is 21.3 Å². The SMILES string of the molecule is COc1ccc2c(C(=O)N(C)OC)cn([Si](C)(C)C(C)(C)C)c2c1. The standard InChI is InChI=1S/C18H28N2O3Si/c1-18(2,3)24(7,8)20-12-15(17(21)19(4)23-6)14-10-9-13(22-5)11-16(14)20/h9-12H,1-8H3. The monoisotopic (exact) mass is 348 g/mol. The van der Waals surface area contributed by atoms with Crippen LogP contribution in [-0.2, 0) is 4.84 Å². The molecule has 0 aliphatic heterocycles. The molecule has 0 radical (unpaired) electrons. The van der Waals surface area contributed by atoms with Gasteiger partial charge in [0.15, 0.2) is 8.24 Å². The van der Waals surface area contributed by atoms with Gasteiger partial charge < -0.3 is 8.97 Å². The second kappa shape index (κ2) is 6.26. The van der Waals surface area contributed by atoms with Gasteiger partial charge in [-0.25, -0.2) is 5.06 Å². The number of fused-ring (bicyclic) bond motifs is 1. The molecule has 0 bridgehead atoms. The Bertz CT molecular complexity index is 759. The molecule has 1 aromatic heterocycles. The molecule has 5 nitrogen and oxygen atoms in total. The maximum absolute atomic E-state index is 12.7. The number of benzene rings is 1. The number of aromatic nitrogens is 1. The minimum absolute atomic E-state index is 0.134. The van der Waals surface area contributed by atoms with E-state index in [0.29, 0.717) is 5.56 Å². The third kappa shape index (κ3) is 2.96. The number of carbonyl (C=O) groups excluding carboxylic acids is 1. The number of carbonyl (C=O) groups is 1. The molecule has 0 atom stereocenters. The zero-order valence-corrected chi connectivity index (χ0v) is 16.9. The fourth-order valence-corrected chi connectivity index (χ4v) is 4.54.